The lowest BCUT2D eigenvalue weighted by atomic mass is 9.84. The van der Waals surface area contributed by atoms with Crippen LogP contribution in [0.5, 0.6) is 0 Å². The topological polar surface area (TPSA) is 3.24 Å². The van der Waals surface area contributed by atoms with Crippen LogP contribution in [-0.2, 0) is 0 Å². The smallest absolute Gasteiger partial charge is 0.0618 e. The van der Waals surface area contributed by atoms with Crippen molar-refractivity contribution in [1.29, 1.82) is 0 Å². The summed E-state index contributed by atoms with van der Waals surface area (Å²) in [6, 6.07) is 81.1. The highest BCUT2D eigenvalue weighted by molar-refractivity contribution is 9.10. The third-order valence-electron chi connectivity index (χ3n) is 13.1. The number of anilines is 3. The molecular formula is C62H42BrN. The van der Waals surface area contributed by atoms with Gasteiger partial charge >= 0.3 is 0 Å². The average Bonchev–Trinajstić information content (AvgIpc) is 3.34. The number of benzene rings is 12. The van der Waals surface area contributed by atoms with Crippen molar-refractivity contribution in [3.63, 3.8) is 0 Å². The molecule has 0 saturated carbocycles. The maximum Gasteiger partial charge on any atom is 0.0618 e. The molecule has 302 valence electrons. The summed E-state index contributed by atoms with van der Waals surface area (Å²) in [6.45, 7) is 4.31. The molecule has 0 spiro atoms. The van der Waals surface area contributed by atoms with Crippen molar-refractivity contribution >= 4 is 97.6 Å². The average molecular weight is 881 g/mol. The van der Waals surface area contributed by atoms with Crippen LogP contribution in [0.15, 0.2) is 223 Å². The van der Waals surface area contributed by atoms with Gasteiger partial charge in [0.15, 0.2) is 0 Å². The summed E-state index contributed by atoms with van der Waals surface area (Å²) in [5.74, 6) is 0. The molecule has 0 amide bonds. The lowest BCUT2D eigenvalue weighted by Crippen LogP contribution is -2.11. The van der Waals surface area contributed by atoms with Gasteiger partial charge in [0.2, 0.25) is 0 Å². The minimum Gasteiger partial charge on any atom is -0.309 e. The Bertz CT molecular complexity index is 3590. The van der Waals surface area contributed by atoms with Crippen molar-refractivity contribution in [2.24, 2.45) is 0 Å². The summed E-state index contributed by atoms with van der Waals surface area (Å²) in [5.41, 5.74) is 13.1. The SMILES string of the molecule is Cc1ccc(N(c2ccc(C)cc2)c2c3ccccc3c(-c3cc(-c4c5ccccc5cc5ccccc45)cc(-c4c5ccccc5c(Br)c5ccccc45)c3)c3ccccc23)cc1. The second kappa shape index (κ2) is 15.4. The van der Waals surface area contributed by atoms with E-state index in [1.165, 1.54) is 115 Å². The van der Waals surface area contributed by atoms with Crippen molar-refractivity contribution in [2.75, 3.05) is 4.90 Å². The molecule has 2 heteroatoms. The molecule has 0 aliphatic carbocycles. The first-order chi connectivity index (χ1) is 31.5. The summed E-state index contributed by atoms with van der Waals surface area (Å²) in [5, 5.41) is 14.6. The number of hydrogen-bond acceptors (Lipinski definition) is 1. The normalized spacial score (nSPS) is 11.7. The van der Waals surface area contributed by atoms with Gasteiger partial charge in [-0.15, -0.1) is 0 Å². The van der Waals surface area contributed by atoms with Gasteiger partial charge in [0.25, 0.3) is 0 Å². The molecule has 0 radical (unpaired) electrons. The number of fused-ring (bicyclic) bond motifs is 6. The maximum absolute atomic E-state index is 4.06. The second-order valence-electron chi connectivity index (χ2n) is 17.1. The first-order valence-corrected chi connectivity index (χ1v) is 22.8. The maximum atomic E-state index is 4.06. The van der Waals surface area contributed by atoms with Gasteiger partial charge in [-0.25, -0.2) is 0 Å². The molecule has 0 N–H and O–H groups in total. The van der Waals surface area contributed by atoms with Crippen LogP contribution in [0.25, 0.3) is 98.0 Å². The van der Waals surface area contributed by atoms with Crippen LogP contribution in [0.4, 0.5) is 17.1 Å². The number of rotatable bonds is 6. The number of halogens is 1. The van der Waals surface area contributed by atoms with Crippen molar-refractivity contribution in [1.82, 2.24) is 0 Å². The summed E-state index contributed by atoms with van der Waals surface area (Å²) < 4.78 is 1.12. The zero-order valence-corrected chi connectivity index (χ0v) is 37.2. The van der Waals surface area contributed by atoms with E-state index < -0.39 is 0 Å². The zero-order valence-electron chi connectivity index (χ0n) is 35.6. The van der Waals surface area contributed by atoms with E-state index >= 15 is 0 Å². The van der Waals surface area contributed by atoms with E-state index in [1.807, 2.05) is 0 Å². The molecule has 0 aliphatic heterocycles. The van der Waals surface area contributed by atoms with E-state index in [2.05, 4.69) is 253 Å². The van der Waals surface area contributed by atoms with Gasteiger partial charge in [-0.2, -0.15) is 0 Å². The third kappa shape index (κ3) is 6.20. The first kappa shape index (κ1) is 38.2. The van der Waals surface area contributed by atoms with Crippen LogP contribution in [0.3, 0.4) is 0 Å². The fourth-order valence-electron chi connectivity index (χ4n) is 10.2. The Morgan fingerprint density at radius 2 is 0.594 bits per heavy atom. The summed E-state index contributed by atoms with van der Waals surface area (Å²) >= 11 is 4.06. The van der Waals surface area contributed by atoms with Gasteiger partial charge in [-0.05, 0) is 166 Å². The van der Waals surface area contributed by atoms with Gasteiger partial charge in [-0.3, -0.25) is 0 Å². The van der Waals surface area contributed by atoms with Crippen LogP contribution >= 0.6 is 15.9 Å². The molecule has 12 aromatic carbocycles. The molecule has 12 rings (SSSR count). The predicted molar refractivity (Wildman–Crippen MR) is 280 cm³/mol. The Balaban J connectivity index is 1.24. The van der Waals surface area contributed by atoms with E-state index in [4.69, 9.17) is 0 Å². The lowest BCUT2D eigenvalue weighted by molar-refractivity contribution is 1.29. The van der Waals surface area contributed by atoms with Gasteiger partial charge in [-0.1, -0.05) is 181 Å². The molecular weight excluding hydrogens is 839 g/mol. The molecule has 0 unspecified atom stereocenters. The van der Waals surface area contributed by atoms with Gasteiger partial charge in [0, 0.05) is 26.6 Å². The molecule has 0 bridgehead atoms. The number of hydrogen-bond donors (Lipinski definition) is 0. The summed E-state index contributed by atoms with van der Waals surface area (Å²) in [6.07, 6.45) is 0. The Morgan fingerprint density at radius 3 is 0.984 bits per heavy atom. The molecule has 0 heterocycles. The van der Waals surface area contributed by atoms with Gasteiger partial charge in [0.1, 0.15) is 0 Å². The minimum absolute atomic E-state index is 1.12. The number of nitrogens with zero attached hydrogens (tertiary/aromatic N) is 1. The molecule has 0 aliphatic rings. The Hall–Kier alpha value is -7.52. The fourth-order valence-corrected chi connectivity index (χ4v) is 10.9. The Kier molecular flexibility index (Phi) is 9.17. The standard InChI is InChI=1S/C62H42BrN/c1-39-27-31-46(32-28-39)64(47-33-29-40(2)30-34-47)62-56-25-13-9-21-52(56)60(53-22-10-14-26-57(53)62)45-37-43(58-48-17-5-3-15-41(48)35-42-16-4-6-18-49(42)58)36-44(38-45)59-50-19-7-11-23-54(50)61(63)55-24-12-8-20-51(55)59/h3-38H,1-2H3. The third-order valence-corrected chi connectivity index (χ3v) is 14.0. The van der Waals surface area contributed by atoms with Gasteiger partial charge in [0.05, 0.1) is 5.69 Å². The highest BCUT2D eigenvalue weighted by Crippen LogP contribution is 2.51. The van der Waals surface area contributed by atoms with Crippen molar-refractivity contribution < 1.29 is 0 Å². The van der Waals surface area contributed by atoms with Gasteiger partial charge < -0.3 is 4.90 Å². The van der Waals surface area contributed by atoms with Crippen LogP contribution < -0.4 is 4.90 Å². The summed E-state index contributed by atoms with van der Waals surface area (Å²) in [4.78, 5) is 2.46. The molecule has 64 heavy (non-hydrogen) atoms. The molecule has 0 saturated heterocycles. The quantitative estimate of drug-likeness (QED) is 0.150. The lowest BCUT2D eigenvalue weighted by Gasteiger charge is -2.30. The molecule has 0 atom stereocenters. The van der Waals surface area contributed by atoms with Crippen LogP contribution in [-0.4, -0.2) is 0 Å². The second-order valence-corrected chi connectivity index (χ2v) is 17.9. The minimum atomic E-state index is 1.12. The monoisotopic (exact) mass is 879 g/mol. The van der Waals surface area contributed by atoms with E-state index in [1.54, 1.807) is 0 Å². The molecule has 0 fully saturated rings. The highest BCUT2D eigenvalue weighted by Gasteiger charge is 2.24. The van der Waals surface area contributed by atoms with Crippen molar-refractivity contribution in [3.8, 4) is 33.4 Å². The Labute approximate surface area is 381 Å². The van der Waals surface area contributed by atoms with E-state index in [9.17, 15) is 0 Å². The fraction of sp³-hybridized carbons (Fsp3) is 0.0323. The molecule has 12 aromatic rings. The van der Waals surface area contributed by atoms with Crippen molar-refractivity contribution in [2.45, 2.75) is 13.8 Å². The molecule has 1 nitrogen and oxygen atoms in total. The molecule has 0 aromatic heterocycles. The zero-order chi connectivity index (χ0) is 42.9. The predicted octanol–water partition coefficient (Wildman–Crippen LogP) is 18.5. The van der Waals surface area contributed by atoms with Crippen LogP contribution in [0.1, 0.15) is 11.1 Å². The van der Waals surface area contributed by atoms with Crippen LogP contribution in [0, 0.1) is 13.8 Å². The van der Waals surface area contributed by atoms with Crippen molar-refractivity contribution in [3.05, 3.63) is 234 Å². The van der Waals surface area contributed by atoms with Crippen LogP contribution in [0.2, 0.25) is 0 Å². The largest absolute Gasteiger partial charge is 0.309 e. The number of aryl methyl sites for hydroxylation is 2. The first-order valence-electron chi connectivity index (χ1n) is 22.0. The van der Waals surface area contributed by atoms with E-state index in [-0.39, 0.29) is 0 Å². The Morgan fingerprint density at radius 1 is 0.297 bits per heavy atom. The highest BCUT2D eigenvalue weighted by atomic mass is 79.9. The summed E-state index contributed by atoms with van der Waals surface area (Å²) in [7, 11) is 0. The van der Waals surface area contributed by atoms with E-state index in [0.29, 0.717) is 0 Å². The van der Waals surface area contributed by atoms with E-state index in [0.717, 1.165) is 15.8 Å².